The fourth-order valence-corrected chi connectivity index (χ4v) is 2.98. The van der Waals surface area contributed by atoms with Crippen molar-refractivity contribution in [2.75, 3.05) is 6.54 Å². The maximum atomic E-state index is 12.4. The molecule has 3 rings (SSSR count). The van der Waals surface area contributed by atoms with E-state index in [1.54, 1.807) is 11.6 Å². The number of hydrogen-bond donors (Lipinski definition) is 2. The normalized spacial score (nSPS) is 10.8. The molecule has 3 aromatic rings. The Hall–Kier alpha value is -3.48. The lowest BCUT2D eigenvalue weighted by atomic mass is 10.0. The first-order valence-corrected chi connectivity index (χ1v) is 9.57. The van der Waals surface area contributed by atoms with Crippen LogP contribution >= 0.6 is 0 Å². The van der Waals surface area contributed by atoms with Crippen molar-refractivity contribution in [3.05, 3.63) is 77.4 Å². The molecule has 0 bridgehead atoms. The third-order valence-electron chi connectivity index (χ3n) is 4.50. The first-order chi connectivity index (χ1) is 14.0. The van der Waals surface area contributed by atoms with Gasteiger partial charge in [-0.15, -0.1) is 5.10 Å². The molecule has 150 valence electrons. The number of nitrogens with one attached hydrogen (secondary N) is 2. The Morgan fingerprint density at radius 1 is 1.00 bits per heavy atom. The summed E-state index contributed by atoms with van der Waals surface area (Å²) in [7, 11) is 0. The predicted molar refractivity (Wildman–Crippen MR) is 111 cm³/mol. The minimum atomic E-state index is -0.483. The fourth-order valence-electron chi connectivity index (χ4n) is 2.98. The van der Waals surface area contributed by atoms with E-state index in [0.717, 1.165) is 16.8 Å². The summed E-state index contributed by atoms with van der Waals surface area (Å²) >= 11 is 0. The number of carbonyl (C=O) groups is 2. The zero-order valence-corrected chi connectivity index (χ0v) is 16.8. The third kappa shape index (κ3) is 5.07. The first-order valence-electron chi connectivity index (χ1n) is 9.57. The number of aryl methyl sites for hydroxylation is 1. The molecule has 0 spiro atoms. The Morgan fingerprint density at radius 3 is 2.41 bits per heavy atom. The van der Waals surface area contributed by atoms with Crippen LogP contribution in [0, 0.1) is 6.92 Å². The van der Waals surface area contributed by atoms with Gasteiger partial charge in [-0.25, -0.2) is 9.67 Å². The number of benzene rings is 2. The molecule has 1 aromatic heterocycles. The van der Waals surface area contributed by atoms with Gasteiger partial charge in [-0.2, -0.15) is 0 Å². The van der Waals surface area contributed by atoms with Crippen LogP contribution in [0.2, 0.25) is 0 Å². The molecule has 0 saturated carbocycles. The average Bonchev–Trinajstić information content (AvgIpc) is 3.12. The summed E-state index contributed by atoms with van der Waals surface area (Å²) < 4.78 is 1.67. The standard InChI is InChI=1S/C22H25N5O2/c1-15(2)18-11-7-8-12-19(18)27-16(3)25-21(26-27)22(29)24-14-20(28)23-13-17-9-5-4-6-10-17/h4-12,15H,13-14H2,1-3H3,(H,23,28)(H,24,29). The van der Waals surface area contributed by atoms with E-state index in [1.807, 2.05) is 54.6 Å². The molecular formula is C22H25N5O2. The average molecular weight is 391 g/mol. The molecule has 1 heterocycles. The van der Waals surface area contributed by atoms with E-state index >= 15 is 0 Å². The van der Waals surface area contributed by atoms with Gasteiger partial charge < -0.3 is 10.6 Å². The number of para-hydroxylation sites is 1. The van der Waals surface area contributed by atoms with Gasteiger partial charge in [0.25, 0.3) is 5.91 Å². The summed E-state index contributed by atoms with van der Waals surface area (Å²) in [6.45, 7) is 6.28. The van der Waals surface area contributed by atoms with Crippen LogP contribution in [0.1, 0.15) is 47.3 Å². The molecule has 0 atom stereocenters. The van der Waals surface area contributed by atoms with Crippen LogP contribution in [0.15, 0.2) is 54.6 Å². The van der Waals surface area contributed by atoms with Crippen LogP contribution in [0.3, 0.4) is 0 Å². The predicted octanol–water partition coefficient (Wildman–Crippen LogP) is 2.75. The zero-order chi connectivity index (χ0) is 20.8. The lowest BCUT2D eigenvalue weighted by molar-refractivity contribution is -0.120. The molecule has 0 aliphatic rings. The fraction of sp³-hybridized carbons (Fsp3) is 0.273. The van der Waals surface area contributed by atoms with Crippen molar-refractivity contribution in [2.45, 2.75) is 33.2 Å². The van der Waals surface area contributed by atoms with Crippen molar-refractivity contribution in [3.63, 3.8) is 0 Å². The number of amides is 2. The molecule has 29 heavy (non-hydrogen) atoms. The molecule has 0 radical (unpaired) electrons. The van der Waals surface area contributed by atoms with E-state index < -0.39 is 5.91 Å². The minimum Gasteiger partial charge on any atom is -0.350 e. The molecule has 0 aliphatic heterocycles. The summed E-state index contributed by atoms with van der Waals surface area (Å²) in [4.78, 5) is 28.7. The molecule has 2 amide bonds. The number of rotatable bonds is 7. The Kier molecular flexibility index (Phi) is 6.39. The SMILES string of the molecule is Cc1nc(C(=O)NCC(=O)NCc2ccccc2)nn1-c1ccccc1C(C)C. The van der Waals surface area contributed by atoms with Gasteiger partial charge in [0.1, 0.15) is 5.82 Å². The van der Waals surface area contributed by atoms with E-state index in [9.17, 15) is 9.59 Å². The Bertz CT molecular complexity index is 995. The van der Waals surface area contributed by atoms with Crippen LogP contribution < -0.4 is 10.6 Å². The highest BCUT2D eigenvalue weighted by Crippen LogP contribution is 2.23. The van der Waals surface area contributed by atoms with Crippen molar-refractivity contribution >= 4 is 11.8 Å². The molecule has 0 saturated heterocycles. The molecule has 2 aromatic carbocycles. The number of aromatic nitrogens is 3. The molecule has 7 heteroatoms. The van der Waals surface area contributed by atoms with Crippen LogP contribution in [-0.2, 0) is 11.3 Å². The molecule has 0 unspecified atom stereocenters. The van der Waals surface area contributed by atoms with Crippen LogP contribution in [0.5, 0.6) is 0 Å². The second-order valence-corrected chi connectivity index (χ2v) is 7.05. The Labute approximate surface area is 170 Å². The smallest absolute Gasteiger partial charge is 0.291 e. The second-order valence-electron chi connectivity index (χ2n) is 7.05. The van der Waals surface area contributed by atoms with E-state index in [4.69, 9.17) is 0 Å². The first kappa shape index (κ1) is 20.3. The van der Waals surface area contributed by atoms with E-state index in [2.05, 4.69) is 34.6 Å². The summed E-state index contributed by atoms with van der Waals surface area (Å²) in [5.74, 6) is 0.196. The highest BCUT2D eigenvalue weighted by atomic mass is 16.2. The van der Waals surface area contributed by atoms with Gasteiger partial charge in [-0.3, -0.25) is 9.59 Å². The van der Waals surface area contributed by atoms with Crippen molar-refractivity contribution < 1.29 is 9.59 Å². The Balaban J connectivity index is 1.62. The zero-order valence-electron chi connectivity index (χ0n) is 16.8. The highest BCUT2D eigenvalue weighted by Gasteiger charge is 2.18. The van der Waals surface area contributed by atoms with Crippen LogP contribution in [-0.4, -0.2) is 33.1 Å². The largest absolute Gasteiger partial charge is 0.350 e. The summed E-state index contributed by atoms with van der Waals surface area (Å²) in [6.07, 6.45) is 0. The van der Waals surface area contributed by atoms with Crippen molar-refractivity contribution in [3.8, 4) is 5.69 Å². The second kappa shape index (κ2) is 9.14. The number of carbonyl (C=O) groups excluding carboxylic acids is 2. The molecular weight excluding hydrogens is 366 g/mol. The number of hydrogen-bond acceptors (Lipinski definition) is 4. The van der Waals surface area contributed by atoms with Gasteiger partial charge in [0.15, 0.2) is 0 Å². The summed E-state index contributed by atoms with van der Waals surface area (Å²) in [5, 5.41) is 9.70. The van der Waals surface area contributed by atoms with Crippen LogP contribution in [0.25, 0.3) is 5.69 Å². The lowest BCUT2D eigenvalue weighted by Crippen LogP contribution is -2.37. The van der Waals surface area contributed by atoms with Crippen molar-refractivity contribution in [1.82, 2.24) is 25.4 Å². The highest BCUT2D eigenvalue weighted by molar-refractivity contribution is 5.93. The molecule has 0 aliphatic carbocycles. The summed E-state index contributed by atoms with van der Waals surface area (Å²) in [6, 6.07) is 17.5. The van der Waals surface area contributed by atoms with Gasteiger partial charge in [-0.1, -0.05) is 62.4 Å². The van der Waals surface area contributed by atoms with Crippen molar-refractivity contribution in [1.29, 1.82) is 0 Å². The van der Waals surface area contributed by atoms with Gasteiger partial charge in [0.05, 0.1) is 12.2 Å². The maximum Gasteiger partial charge on any atom is 0.291 e. The minimum absolute atomic E-state index is 0.0388. The van der Waals surface area contributed by atoms with E-state index in [-0.39, 0.29) is 18.3 Å². The summed E-state index contributed by atoms with van der Waals surface area (Å²) in [5.41, 5.74) is 3.01. The molecule has 0 fully saturated rings. The van der Waals surface area contributed by atoms with Gasteiger partial charge in [-0.05, 0) is 30.0 Å². The molecule has 7 nitrogen and oxygen atoms in total. The number of nitrogens with zero attached hydrogens (tertiary/aromatic N) is 3. The third-order valence-corrected chi connectivity index (χ3v) is 4.50. The lowest BCUT2D eigenvalue weighted by Gasteiger charge is -2.12. The topological polar surface area (TPSA) is 88.9 Å². The molecule has 2 N–H and O–H groups in total. The van der Waals surface area contributed by atoms with Gasteiger partial charge in [0.2, 0.25) is 11.7 Å². The maximum absolute atomic E-state index is 12.4. The van der Waals surface area contributed by atoms with E-state index in [1.165, 1.54) is 0 Å². The van der Waals surface area contributed by atoms with E-state index in [0.29, 0.717) is 18.3 Å². The quantitative estimate of drug-likeness (QED) is 0.648. The van der Waals surface area contributed by atoms with Crippen LogP contribution in [0.4, 0.5) is 0 Å². The monoisotopic (exact) mass is 391 g/mol. The van der Waals surface area contributed by atoms with Gasteiger partial charge in [0, 0.05) is 6.54 Å². The van der Waals surface area contributed by atoms with Crippen molar-refractivity contribution in [2.24, 2.45) is 0 Å². The Morgan fingerprint density at radius 2 is 1.69 bits per heavy atom. The van der Waals surface area contributed by atoms with Gasteiger partial charge >= 0.3 is 0 Å².